The minimum atomic E-state index is 0. The lowest BCUT2D eigenvalue weighted by atomic mass is 10.1. The molecular weight excluding hydrogens is 280 g/mol. The molecule has 0 aliphatic carbocycles. The number of amides is 1. The number of nitrogens with two attached hydrogens (primary N) is 1. The lowest BCUT2D eigenvalue weighted by Gasteiger charge is -2.12. The summed E-state index contributed by atoms with van der Waals surface area (Å²) in [6, 6.07) is 4.38. The van der Waals surface area contributed by atoms with Crippen molar-refractivity contribution in [3.63, 3.8) is 0 Å². The highest BCUT2D eigenvalue weighted by molar-refractivity contribution is 7.09. The zero-order chi connectivity index (χ0) is 13.2. The summed E-state index contributed by atoms with van der Waals surface area (Å²) in [7, 11) is 0. The van der Waals surface area contributed by atoms with Crippen LogP contribution in [0, 0.1) is 0 Å². The average molecular weight is 305 g/mol. The van der Waals surface area contributed by atoms with Crippen molar-refractivity contribution in [3.8, 4) is 0 Å². The molecule has 1 atom stereocenters. The van der Waals surface area contributed by atoms with Gasteiger partial charge in [0.1, 0.15) is 0 Å². The van der Waals surface area contributed by atoms with E-state index in [1.807, 2.05) is 6.07 Å². The van der Waals surface area contributed by atoms with E-state index < -0.39 is 0 Å². The fourth-order valence-electron chi connectivity index (χ4n) is 1.91. The Balaban J connectivity index is 0.00000324. The van der Waals surface area contributed by atoms with Gasteiger partial charge in [0.05, 0.1) is 0 Å². The predicted molar refractivity (Wildman–Crippen MR) is 85.0 cm³/mol. The fraction of sp³-hybridized carbons (Fsp3) is 0.643. The van der Waals surface area contributed by atoms with Crippen molar-refractivity contribution in [3.05, 3.63) is 22.4 Å². The standard InChI is InChI=1S/C14H24N2OS.ClH/c1-12(11-13-7-6-10-18-13)16-14(17)8-4-2-3-5-9-15;/h6-7,10,12H,2-5,8-9,11,15H2,1H3,(H,16,17);1H. The largest absolute Gasteiger partial charge is 0.353 e. The fourth-order valence-corrected chi connectivity index (χ4v) is 2.75. The van der Waals surface area contributed by atoms with Gasteiger partial charge in [0, 0.05) is 23.8 Å². The quantitative estimate of drug-likeness (QED) is 0.689. The Bertz CT molecular complexity index is 330. The van der Waals surface area contributed by atoms with E-state index in [1.54, 1.807) is 11.3 Å². The zero-order valence-corrected chi connectivity index (χ0v) is 13.2. The molecule has 0 aromatic carbocycles. The predicted octanol–water partition coefficient (Wildman–Crippen LogP) is 3.13. The van der Waals surface area contributed by atoms with Gasteiger partial charge in [-0.25, -0.2) is 0 Å². The Labute approximate surface area is 126 Å². The van der Waals surface area contributed by atoms with Crippen LogP contribution < -0.4 is 11.1 Å². The average Bonchev–Trinajstić information content (AvgIpc) is 2.81. The molecule has 1 amide bonds. The number of thiophene rings is 1. The van der Waals surface area contributed by atoms with Gasteiger partial charge in [0.2, 0.25) is 5.91 Å². The second kappa shape index (κ2) is 11.3. The molecule has 0 saturated carbocycles. The number of rotatable bonds is 9. The third-order valence-corrected chi connectivity index (χ3v) is 3.75. The number of nitrogens with one attached hydrogen (secondary N) is 1. The van der Waals surface area contributed by atoms with Crippen molar-refractivity contribution < 1.29 is 4.79 Å². The Morgan fingerprint density at radius 2 is 2.11 bits per heavy atom. The molecule has 0 aliphatic heterocycles. The van der Waals surface area contributed by atoms with E-state index in [-0.39, 0.29) is 24.4 Å². The summed E-state index contributed by atoms with van der Waals surface area (Å²) in [5.41, 5.74) is 5.42. The number of unbranched alkanes of at least 4 members (excludes halogenated alkanes) is 3. The van der Waals surface area contributed by atoms with Gasteiger partial charge in [-0.1, -0.05) is 18.9 Å². The Morgan fingerprint density at radius 3 is 2.74 bits per heavy atom. The molecule has 1 aromatic heterocycles. The van der Waals surface area contributed by atoms with Crippen molar-refractivity contribution >= 4 is 29.7 Å². The molecule has 0 radical (unpaired) electrons. The number of halogens is 1. The van der Waals surface area contributed by atoms with Crippen molar-refractivity contribution in [2.75, 3.05) is 6.54 Å². The summed E-state index contributed by atoms with van der Waals surface area (Å²) in [5, 5.41) is 5.12. The molecule has 19 heavy (non-hydrogen) atoms. The molecule has 5 heteroatoms. The molecule has 1 aromatic rings. The molecule has 1 rings (SSSR count). The lowest BCUT2D eigenvalue weighted by molar-refractivity contribution is -0.121. The van der Waals surface area contributed by atoms with Gasteiger partial charge in [-0.15, -0.1) is 23.7 Å². The monoisotopic (exact) mass is 304 g/mol. The minimum Gasteiger partial charge on any atom is -0.353 e. The normalized spacial score (nSPS) is 11.7. The van der Waals surface area contributed by atoms with E-state index >= 15 is 0 Å². The van der Waals surface area contributed by atoms with E-state index in [2.05, 4.69) is 23.7 Å². The first-order valence-electron chi connectivity index (χ1n) is 6.74. The first-order valence-corrected chi connectivity index (χ1v) is 7.62. The SMILES string of the molecule is CC(Cc1cccs1)NC(=O)CCCCCCN.Cl. The van der Waals surface area contributed by atoms with Gasteiger partial charge in [-0.2, -0.15) is 0 Å². The maximum absolute atomic E-state index is 11.7. The Morgan fingerprint density at radius 1 is 1.37 bits per heavy atom. The van der Waals surface area contributed by atoms with Crippen molar-refractivity contribution in [2.45, 2.75) is 51.5 Å². The minimum absolute atomic E-state index is 0. The van der Waals surface area contributed by atoms with Crippen LogP contribution in [0.5, 0.6) is 0 Å². The van der Waals surface area contributed by atoms with E-state index in [1.165, 1.54) is 4.88 Å². The van der Waals surface area contributed by atoms with Gasteiger partial charge < -0.3 is 11.1 Å². The molecule has 110 valence electrons. The highest BCUT2D eigenvalue weighted by atomic mass is 35.5. The summed E-state index contributed by atoms with van der Waals surface area (Å²) in [5.74, 6) is 0.173. The van der Waals surface area contributed by atoms with Gasteiger partial charge >= 0.3 is 0 Å². The summed E-state index contributed by atoms with van der Waals surface area (Å²) in [6.07, 6.45) is 5.84. The van der Waals surface area contributed by atoms with Crippen LogP contribution >= 0.6 is 23.7 Å². The zero-order valence-electron chi connectivity index (χ0n) is 11.6. The first-order chi connectivity index (χ1) is 8.72. The third kappa shape index (κ3) is 9.03. The van der Waals surface area contributed by atoms with Gasteiger partial charge in [-0.05, 0) is 37.8 Å². The number of hydrogen-bond donors (Lipinski definition) is 2. The molecule has 0 fully saturated rings. The van der Waals surface area contributed by atoms with Gasteiger partial charge in [0.25, 0.3) is 0 Å². The summed E-state index contributed by atoms with van der Waals surface area (Å²) in [4.78, 5) is 13.0. The van der Waals surface area contributed by atoms with Crippen LogP contribution in [0.1, 0.15) is 43.9 Å². The Hall–Kier alpha value is -0.580. The van der Waals surface area contributed by atoms with Crippen LogP contribution in [-0.4, -0.2) is 18.5 Å². The smallest absolute Gasteiger partial charge is 0.220 e. The highest BCUT2D eigenvalue weighted by Gasteiger charge is 2.08. The van der Waals surface area contributed by atoms with Crippen LogP contribution in [0.2, 0.25) is 0 Å². The number of hydrogen-bond acceptors (Lipinski definition) is 3. The van der Waals surface area contributed by atoms with Crippen molar-refractivity contribution in [2.24, 2.45) is 5.73 Å². The van der Waals surface area contributed by atoms with Crippen molar-refractivity contribution in [1.29, 1.82) is 0 Å². The summed E-state index contributed by atoms with van der Waals surface area (Å²) < 4.78 is 0. The molecule has 3 N–H and O–H groups in total. The maximum Gasteiger partial charge on any atom is 0.220 e. The van der Waals surface area contributed by atoms with E-state index in [0.29, 0.717) is 6.42 Å². The van der Waals surface area contributed by atoms with E-state index in [9.17, 15) is 4.79 Å². The molecular formula is C14H25ClN2OS. The van der Waals surface area contributed by atoms with E-state index in [4.69, 9.17) is 5.73 Å². The highest BCUT2D eigenvalue weighted by Crippen LogP contribution is 2.11. The number of carbonyl (C=O) groups is 1. The Kier molecular flexibility index (Phi) is 10.9. The van der Waals surface area contributed by atoms with Gasteiger partial charge in [-0.3, -0.25) is 4.79 Å². The number of carbonyl (C=O) groups excluding carboxylic acids is 1. The molecule has 1 unspecified atom stereocenters. The molecule has 0 aliphatic rings. The second-order valence-electron chi connectivity index (χ2n) is 4.70. The molecule has 3 nitrogen and oxygen atoms in total. The summed E-state index contributed by atoms with van der Waals surface area (Å²) >= 11 is 1.74. The molecule has 1 heterocycles. The van der Waals surface area contributed by atoms with Crippen LogP contribution in [0.4, 0.5) is 0 Å². The first kappa shape index (κ1) is 18.4. The van der Waals surface area contributed by atoms with Gasteiger partial charge in [0.15, 0.2) is 0 Å². The maximum atomic E-state index is 11.7. The molecule has 0 spiro atoms. The molecule has 0 bridgehead atoms. The van der Waals surface area contributed by atoms with Crippen LogP contribution in [0.15, 0.2) is 17.5 Å². The molecule has 0 saturated heterocycles. The summed E-state index contributed by atoms with van der Waals surface area (Å²) in [6.45, 7) is 2.82. The second-order valence-corrected chi connectivity index (χ2v) is 5.74. The van der Waals surface area contributed by atoms with Crippen molar-refractivity contribution in [1.82, 2.24) is 5.32 Å². The topological polar surface area (TPSA) is 55.1 Å². The lowest BCUT2D eigenvalue weighted by Crippen LogP contribution is -2.33. The third-order valence-electron chi connectivity index (χ3n) is 2.85. The van der Waals surface area contributed by atoms with Crippen LogP contribution in [-0.2, 0) is 11.2 Å². The van der Waals surface area contributed by atoms with Crippen LogP contribution in [0.3, 0.4) is 0 Å². The van der Waals surface area contributed by atoms with Crippen LogP contribution in [0.25, 0.3) is 0 Å². The van der Waals surface area contributed by atoms with E-state index in [0.717, 1.165) is 38.6 Å².